The number of nitrogens with zero attached hydrogens (tertiary/aromatic N) is 1. The predicted molar refractivity (Wildman–Crippen MR) is 102 cm³/mol. The number of ether oxygens (including phenoxy) is 1. The molecular formula is C21H28N2O2. The SMILES string of the molecule is CN(CC1CC1NCc1ccc2ccccc2c1)C(=O)OC(C)(C)C. The Morgan fingerprint density at radius 3 is 2.64 bits per heavy atom. The number of hydrogen-bond acceptors (Lipinski definition) is 3. The van der Waals surface area contributed by atoms with Gasteiger partial charge in [-0.1, -0.05) is 36.4 Å². The van der Waals surface area contributed by atoms with Gasteiger partial charge in [0.05, 0.1) is 0 Å². The minimum absolute atomic E-state index is 0.243. The van der Waals surface area contributed by atoms with Crippen LogP contribution in [0.3, 0.4) is 0 Å². The number of hydrogen-bond donors (Lipinski definition) is 1. The van der Waals surface area contributed by atoms with Crippen LogP contribution in [0.15, 0.2) is 42.5 Å². The summed E-state index contributed by atoms with van der Waals surface area (Å²) in [4.78, 5) is 13.7. The molecule has 1 saturated carbocycles. The Kier molecular flexibility index (Phi) is 5.00. The maximum absolute atomic E-state index is 12.0. The van der Waals surface area contributed by atoms with Gasteiger partial charge >= 0.3 is 6.09 Å². The van der Waals surface area contributed by atoms with E-state index in [4.69, 9.17) is 4.74 Å². The first kappa shape index (κ1) is 17.7. The molecular weight excluding hydrogens is 312 g/mol. The zero-order valence-electron chi connectivity index (χ0n) is 15.6. The summed E-state index contributed by atoms with van der Waals surface area (Å²) in [5, 5.41) is 6.15. The smallest absolute Gasteiger partial charge is 0.410 e. The summed E-state index contributed by atoms with van der Waals surface area (Å²) in [6.07, 6.45) is 0.869. The number of rotatable bonds is 5. The van der Waals surface area contributed by atoms with Crippen LogP contribution < -0.4 is 5.32 Å². The van der Waals surface area contributed by atoms with Crippen molar-refractivity contribution in [3.8, 4) is 0 Å². The fourth-order valence-corrected chi connectivity index (χ4v) is 3.06. The zero-order valence-corrected chi connectivity index (χ0v) is 15.6. The van der Waals surface area contributed by atoms with Gasteiger partial charge in [0.2, 0.25) is 0 Å². The van der Waals surface area contributed by atoms with Crippen LogP contribution in [0.1, 0.15) is 32.8 Å². The van der Waals surface area contributed by atoms with E-state index in [1.165, 1.54) is 16.3 Å². The van der Waals surface area contributed by atoms with E-state index in [1.807, 2.05) is 27.8 Å². The van der Waals surface area contributed by atoms with Gasteiger partial charge in [-0.05, 0) is 55.5 Å². The Bertz CT molecular complexity index is 751. The van der Waals surface area contributed by atoms with E-state index in [2.05, 4.69) is 47.8 Å². The molecule has 1 amide bonds. The van der Waals surface area contributed by atoms with Crippen molar-refractivity contribution in [2.45, 2.75) is 45.4 Å². The highest BCUT2D eigenvalue weighted by Gasteiger charge is 2.38. The summed E-state index contributed by atoms with van der Waals surface area (Å²) in [5.74, 6) is 0.512. The molecule has 4 heteroatoms. The third-order valence-electron chi connectivity index (χ3n) is 4.52. The molecule has 0 bridgehead atoms. The van der Waals surface area contributed by atoms with Crippen molar-refractivity contribution in [3.05, 3.63) is 48.0 Å². The molecule has 2 atom stereocenters. The summed E-state index contributed by atoms with van der Waals surface area (Å²) >= 11 is 0. The first-order valence-electron chi connectivity index (χ1n) is 8.97. The van der Waals surface area contributed by atoms with Gasteiger partial charge in [-0.3, -0.25) is 0 Å². The molecule has 0 radical (unpaired) electrons. The van der Waals surface area contributed by atoms with E-state index in [0.717, 1.165) is 19.5 Å². The van der Waals surface area contributed by atoms with Crippen molar-refractivity contribution < 1.29 is 9.53 Å². The fourth-order valence-electron chi connectivity index (χ4n) is 3.06. The summed E-state index contributed by atoms with van der Waals surface area (Å²) in [6, 6.07) is 15.5. The van der Waals surface area contributed by atoms with E-state index < -0.39 is 5.60 Å². The second kappa shape index (κ2) is 7.04. The summed E-state index contributed by atoms with van der Waals surface area (Å²) in [6.45, 7) is 7.28. The highest BCUT2D eigenvalue weighted by molar-refractivity contribution is 5.82. The van der Waals surface area contributed by atoms with Crippen LogP contribution >= 0.6 is 0 Å². The molecule has 0 aromatic heterocycles. The Morgan fingerprint density at radius 1 is 1.20 bits per heavy atom. The van der Waals surface area contributed by atoms with Crippen LogP contribution in [0.25, 0.3) is 10.8 Å². The molecule has 4 nitrogen and oxygen atoms in total. The number of fused-ring (bicyclic) bond motifs is 1. The Morgan fingerprint density at radius 2 is 1.92 bits per heavy atom. The van der Waals surface area contributed by atoms with Crippen LogP contribution in [-0.4, -0.2) is 36.2 Å². The Hall–Kier alpha value is -2.07. The summed E-state index contributed by atoms with van der Waals surface area (Å²) in [7, 11) is 1.81. The third kappa shape index (κ3) is 4.95. The predicted octanol–water partition coefficient (Wildman–Crippen LogP) is 4.18. The van der Waals surface area contributed by atoms with Gasteiger partial charge in [-0.25, -0.2) is 4.79 Å². The highest BCUT2D eigenvalue weighted by Crippen LogP contribution is 2.31. The molecule has 1 fully saturated rings. The molecule has 134 valence electrons. The van der Waals surface area contributed by atoms with Crippen LogP contribution in [0.5, 0.6) is 0 Å². The lowest BCUT2D eigenvalue weighted by atomic mass is 10.1. The fraction of sp³-hybridized carbons (Fsp3) is 0.476. The number of benzene rings is 2. The van der Waals surface area contributed by atoms with Gasteiger partial charge in [0.15, 0.2) is 0 Å². The van der Waals surface area contributed by atoms with Crippen LogP contribution in [0.4, 0.5) is 4.79 Å². The van der Waals surface area contributed by atoms with Crippen molar-refractivity contribution in [3.63, 3.8) is 0 Å². The molecule has 0 saturated heterocycles. The molecule has 0 heterocycles. The minimum atomic E-state index is -0.442. The molecule has 1 N–H and O–H groups in total. The Labute approximate surface area is 150 Å². The number of amides is 1. The van der Waals surface area contributed by atoms with Crippen molar-refractivity contribution in [2.75, 3.05) is 13.6 Å². The lowest BCUT2D eigenvalue weighted by Crippen LogP contribution is -2.36. The third-order valence-corrected chi connectivity index (χ3v) is 4.52. The number of nitrogens with one attached hydrogen (secondary N) is 1. The molecule has 2 aromatic carbocycles. The zero-order chi connectivity index (χ0) is 18.0. The summed E-state index contributed by atoms with van der Waals surface area (Å²) < 4.78 is 5.40. The first-order chi connectivity index (χ1) is 11.8. The molecule has 0 spiro atoms. The largest absolute Gasteiger partial charge is 0.444 e. The molecule has 25 heavy (non-hydrogen) atoms. The minimum Gasteiger partial charge on any atom is -0.444 e. The molecule has 2 unspecified atom stereocenters. The van der Waals surface area contributed by atoms with Crippen molar-refractivity contribution in [1.82, 2.24) is 10.2 Å². The monoisotopic (exact) mass is 340 g/mol. The van der Waals surface area contributed by atoms with Crippen molar-refractivity contribution in [1.29, 1.82) is 0 Å². The first-order valence-corrected chi connectivity index (χ1v) is 8.97. The van der Waals surface area contributed by atoms with Crippen LogP contribution in [0, 0.1) is 5.92 Å². The normalized spacial score (nSPS) is 19.7. The van der Waals surface area contributed by atoms with Crippen molar-refractivity contribution >= 4 is 16.9 Å². The average molecular weight is 340 g/mol. The lowest BCUT2D eigenvalue weighted by molar-refractivity contribution is 0.0290. The topological polar surface area (TPSA) is 41.6 Å². The van der Waals surface area contributed by atoms with Crippen LogP contribution in [-0.2, 0) is 11.3 Å². The number of carbonyl (C=O) groups is 1. The maximum atomic E-state index is 12.0. The van der Waals surface area contributed by atoms with E-state index in [0.29, 0.717) is 12.0 Å². The van der Waals surface area contributed by atoms with E-state index >= 15 is 0 Å². The van der Waals surface area contributed by atoms with Gasteiger partial charge in [-0.15, -0.1) is 0 Å². The van der Waals surface area contributed by atoms with E-state index in [9.17, 15) is 4.79 Å². The Balaban J connectivity index is 1.45. The summed E-state index contributed by atoms with van der Waals surface area (Å²) in [5.41, 5.74) is 0.854. The van der Waals surface area contributed by atoms with Gasteiger partial charge in [0.25, 0.3) is 0 Å². The van der Waals surface area contributed by atoms with Gasteiger partial charge in [-0.2, -0.15) is 0 Å². The average Bonchev–Trinajstić information content (AvgIpc) is 3.29. The van der Waals surface area contributed by atoms with E-state index in [-0.39, 0.29) is 6.09 Å². The maximum Gasteiger partial charge on any atom is 0.410 e. The van der Waals surface area contributed by atoms with E-state index in [1.54, 1.807) is 4.90 Å². The van der Waals surface area contributed by atoms with Gasteiger partial charge in [0, 0.05) is 26.2 Å². The molecule has 3 rings (SSSR count). The van der Waals surface area contributed by atoms with Gasteiger partial charge in [0.1, 0.15) is 5.60 Å². The molecule has 1 aliphatic carbocycles. The molecule has 2 aromatic rings. The molecule has 1 aliphatic rings. The standard InChI is InChI=1S/C21H28N2O2/c1-21(2,3)25-20(24)23(4)14-18-12-19(18)22-13-15-9-10-16-7-5-6-8-17(16)11-15/h5-11,18-19,22H,12-14H2,1-4H3. The second-order valence-corrected chi connectivity index (χ2v) is 8.03. The quantitative estimate of drug-likeness (QED) is 0.887. The van der Waals surface area contributed by atoms with Gasteiger partial charge < -0.3 is 15.0 Å². The molecule has 0 aliphatic heterocycles. The lowest BCUT2D eigenvalue weighted by Gasteiger charge is -2.24. The van der Waals surface area contributed by atoms with Crippen molar-refractivity contribution in [2.24, 2.45) is 5.92 Å². The second-order valence-electron chi connectivity index (χ2n) is 8.03. The van der Waals surface area contributed by atoms with Crippen LogP contribution in [0.2, 0.25) is 0 Å². The number of carbonyl (C=O) groups excluding carboxylic acids is 1. The highest BCUT2D eigenvalue weighted by atomic mass is 16.6.